The fourth-order valence-electron chi connectivity index (χ4n) is 4.47. The zero-order valence-electron chi connectivity index (χ0n) is 27.8. The first-order valence-corrected chi connectivity index (χ1v) is 15.4. The molecule has 0 bridgehead atoms. The second-order valence-corrected chi connectivity index (χ2v) is 11.3. The summed E-state index contributed by atoms with van der Waals surface area (Å²) in [6.45, 7) is 0.296. The molecule has 4 rings (SSSR count). The van der Waals surface area contributed by atoms with Crippen LogP contribution in [-0.4, -0.2) is 65.7 Å². The highest BCUT2D eigenvalue weighted by Gasteiger charge is 2.22. The number of esters is 1. The molecule has 0 aromatic heterocycles. The molecule has 12 heteroatoms. The maximum atomic E-state index is 12.9. The van der Waals surface area contributed by atoms with Crippen LogP contribution in [0.2, 0.25) is 0 Å². The number of carbonyl (C=O) groups excluding carboxylic acids is 3. The average molecular weight is 649 g/mol. The molecule has 2 amide bonds. The van der Waals surface area contributed by atoms with Gasteiger partial charge >= 0.3 is 5.97 Å². The second kappa shape index (κ2) is 17.1. The molecule has 0 radical (unpaired) electrons. The van der Waals surface area contributed by atoms with E-state index in [1.54, 1.807) is 48.5 Å². The van der Waals surface area contributed by atoms with Gasteiger partial charge in [-0.1, -0.05) is 0 Å². The quantitative estimate of drug-likeness (QED) is 0.0847. The molecule has 248 valence electrons. The van der Waals surface area contributed by atoms with E-state index in [1.165, 1.54) is 7.11 Å². The first-order chi connectivity index (χ1) is 23.1. The standard InChI is InChI=1S/C36H40N8O4/c1-43(2)31-20-16-29(17-21-31)41-39-27-12-8-25(9-13-27)34(45)37-24-6-7-33(36(47)48-5)38-35(46)26-10-14-28(15-11-26)40-42-30-18-22-32(23-19-30)44(3)4/h8-23,33H,6-7,24H2,1-5H3,(H,37,45)(H,38,46)/b41-39+,42-40+. The Hall–Kier alpha value is -5.91. The van der Waals surface area contributed by atoms with Crippen LogP contribution in [0.3, 0.4) is 0 Å². The highest BCUT2D eigenvalue weighted by molar-refractivity contribution is 5.97. The number of ether oxygens (including phenoxy) is 1. The molecule has 4 aromatic carbocycles. The van der Waals surface area contributed by atoms with Gasteiger partial charge in [0, 0.05) is 57.2 Å². The Morgan fingerprint density at radius 2 is 0.979 bits per heavy atom. The van der Waals surface area contributed by atoms with Crippen molar-refractivity contribution in [2.45, 2.75) is 18.9 Å². The Morgan fingerprint density at radius 3 is 1.35 bits per heavy atom. The van der Waals surface area contributed by atoms with Gasteiger partial charge < -0.3 is 25.2 Å². The number of azo groups is 2. The van der Waals surface area contributed by atoms with Crippen LogP contribution >= 0.6 is 0 Å². The van der Waals surface area contributed by atoms with Crippen LogP contribution < -0.4 is 20.4 Å². The fraction of sp³-hybridized carbons (Fsp3) is 0.250. The maximum Gasteiger partial charge on any atom is 0.328 e. The van der Waals surface area contributed by atoms with Gasteiger partial charge in [-0.3, -0.25) is 9.59 Å². The molecule has 0 fully saturated rings. The van der Waals surface area contributed by atoms with E-state index < -0.39 is 17.9 Å². The van der Waals surface area contributed by atoms with Crippen LogP contribution in [-0.2, 0) is 9.53 Å². The predicted molar refractivity (Wildman–Crippen MR) is 188 cm³/mol. The Balaban J connectivity index is 1.23. The normalized spacial score (nSPS) is 11.7. The minimum atomic E-state index is -0.882. The van der Waals surface area contributed by atoms with Crippen molar-refractivity contribution in [3.05, 3.63) is 108 Å². The number of nitrogens with zero attached hydrogens (tertiary/aromatic N) is 6. The van der Waals surface area contributed by atoms with Gasteiger partial charge in [-0.15, -0.1) is 0 Å². The summed E-state index contributed by atoms with van der Waals surface area (Å²) in [7, 11) is 9.14. The van der Waals surface area contributed by atoms with Crippen molar-refractivity contribution in [3.8, 4) is 0 Å². The molecule has 4 aromatic rings. The molecule has 1 unspecified atom stereocenters. The summed E-state index contributed by atoms with van der Waals surface area (Å²) in [6, 6.07) is 27.8. The zero-order valence-corrected chi connectivity index (χ0v) is 27.8. The van der Waals surface area contributed by atoms with E-state index in [2.05, 4.69) is 31.1 Å². The number of hydrogen-bond acceptors (Lipinski definition) is 10. The molecule has 0 spiro atoms. The summed E-state index contributed by atoms with van der Waals surface area (Å²) in [6.07, 6.45) is 0.700. The van der Waals surface area contributed by atoms with Crippen LogP contribution in [0.5, 0.6) is 0 Å². The minimum absolute atomic E-state index is 0.265. The molecule has 0 aliphatic rings. The summed E-state index contributed by atoms with van der Waals surface area (Å²) in [5, 5.41) is 22.5. The minimum Gasteiger partial charge on any atom is -0.467 e. The molecule has 48 heavy (non-hydrogen) atoms. The smallest absolute Gasteiger partial charge is 0.328 e. The maximum absolute atomic E-state index is 12.9. The van der Waals surface area contributed by atoms with Crippen LogP contribution in [0.25, 0.3) is 0 Å². The third kappa shape index (κ3) is 10.3. The topological polar surface area (TPSA) is 140 Å². The summed E-state index contributed by atoms with van der Waals surface area (Å²) in [5.41, 5.74) is 5.58. The van der Waals surface area contributed by atoms with Crippen molar-refractivity contribution in [1.82, 2.24) is 10.6 Å². The van der Waals surface area contributed by atoms with Crippen molar-refractivity contribution in [2.75, 3.05) is 51.6 Å². The Bertz CT molecular complexity index is 1720. The molecule has 0 heterocycles. The molecule has 0 aliphatic carbocycles. The van der Waals surface area contributed by atoms with Crippen LogP contribution in [0, 0.1) is 0 Å². The van der Waals surface area contributed by atoms with Crippen LogP contribution in [0.4, 0.5) is 34.1 Å². The van der Waals surface area contributed by atoms with E-state index in [9.17, 15) is 14.4 Å². The summed E-state index contributed by atoms with van der Waals surface area (Å²) >= 11 is 0. The van der Waals surface area contributed by atoms with Gasteiger partial charge in [0.25, 0.3) is 11.8 Å². The summed E-state index contributed by atoms with van der Waals surface area (Å²) < 4.78 is 4.89. The summed E-state index contributed by atoms with van der Waals surface area (Å²) in [4.78, 5) is 42.0. The van der Waals surface area contributed by atoms with Gasteiger partial charge in [0.2, 0.25) is 0 Å². The molecule has 0 saturated carbocycles. The van der Waals surface area contributed by atoms with Crippen molar-refractivity contribution >= 4 is 51.9 Å². The van der Waals surface area contributed by atoms with E-state index in [0.717, 1.165) is 17.1 Å². The molecular formula is C36H40N8O4. The molecular weight excluding hydrogens is 608 g/mol. The summed E-state index contributed by atoms with van der Waals surface area (Å²) in [5.74, 6) is -1.27. The Morgan fingerprint density at radius 1 is 0.604 bits per heavy atom. The van der Waals surface area contributed by atoms with Gasteiger partial charge in [-0.25, -0.2) is 4.79 Å². The van der Waals surface area contributed by atoms with Gasteiger partial charge in [0.1, 0.15) is 6.04 Å². The number of rotatable bonds is 14. The number of hydrogen-bond donors (Lipinski definition) is 2. The fourth-order valence-corrected chi connectivity index (χ4v) is 4.47. The van der Waals surface area contributed by atoms with Crippen molar-refractivity contribution in [2.24, 2.45) is 20.5 Å². The van der Waals surface area contributed by atoms with E-state index in [-0.39, 0.29) is 12.3 Å². The molecule has 2 N–H and O–H groups in total. The van der Waals surface area contributed by atoms with Crippen LogP contribution in [0.1, 0.15) is 33.6 Å². The lowest BCUT2D eigenvalue weighted by molar-refractivity contribution is -0.143. The van der Waals surface area contributed by atoms with E-state index in [0.29, 0.717) is 41.2 Å². The number of amides is 2. The van der Waals surface area contributed by atoms with Gasteiger partial charge in [-0.2, -0.15) is 20.5 Å². The monoisotopic (exact) mass is 648 g/mol. The molecule has 0 aliphatic heterocycles. The average Bonchev–Trinajstić information content (AvgIpc) is 3.11. The lowest BCUT2D eigenvalue weighted by atomic mass is 10.1. The Labute approximate surface area is 280 Å². The lowest BCUT2D eigenvalue weighted by Crippen LogP contribution is -2.42. The van der Waals surface area contributed by atoms with Gasteiger partial charge in [0.15, 0.2) is 0 Å². The molecule has 0 saturated heterocycles. The third-order valence-electron chi connectivity index (χ3n) is 7.30. The SMILES string of the molecule is COC(=O)C(CCCNC(=O)c1ccc(/N=N/c2ccc(N(C)C)cc2)cc1)NC(=O)c1ccc(/N=N/c2ccc(N(C)C)cc2)cc1. The number of benzene rings is 4. The van der Waals surface area contributed by atoms with Crippen LogP contribution in [0.15, 0.2) is 118 Å². The molecule has 12 nitrogen and oxygen atoms in total. The number of carbonyl (C=O) groups is 3. The van der Waals surface area contributed by atoms with Gasteiger partial charge in [-0.05, 0) is 110 Å². The van der Waals surface area contributed by atoms with Crippen molar-refractivity contribution in [3.63, 3.8) is 0 Å². The largest absolute Gasteiger partial charge is 0.467 e. The number of methoxy groups -OCH3 is 1. The number of anilines is 2. The van der Waals surface area contributed by atoms with Gasteiger partial charge in [0.05, 0.1) is 29.9 Å². The number of nitrogens with one attached hydrogen (secondary N) is 2. The Kier molecular flexibility index (Phi) is 12.5. The highest BCUT2D eigenvalue weighted by Crippen LogP contribution is 2.23. The van der Waals surface area contributed by atoms with E-state index in [4.69, 9.17) is 4.74 Å². The second-order valence-electron chi connectivity index (χ2n) is 11.3. The van der Waals surface area contributed by atoms with E-state index >= 15 is 0 Å². The lowest BCUT2D eigenvalue weighted by Gasteiger charge is -2.17. The van der Waals surface area contributed by atoms with E-state index in [1.807, 2.05) is 86.5 Å². The van der Waals surface area contributed by atoms with Crippen molar-refractivity contribution in [1.29, 1.82) is 0 Å². The first-order valence-electron chi connectivity index (χ1n) is 15.4. The van der Waals surface area contributed by atoms with Crippen molar-refractivity contribution < 1.29 is 19.1 Å². The predicted octanol–water partition coefficient (Wildman–Crippen LogP) is 7.13. The third-order valence-corrected chi connectivity index (χ3v) is 7.30. The molecule has 1 atom stereocenters. The highest BCUT2D eigenvalue weighted by atomic mass is 16.5. The first kappa shape index (κ1) is 35.0. The zero-order chi connectivity index (χ0) is 34.5.